The Kier molecular flexibility index (Phi) is 2.49. The molecule has 0 aliphatic carbocycles. The second-order valence-electron chi connectivity index (χ2n) is 4.28. The molecule has 0 bridgehead atoms. The molecule has 2 heterocycles. The monoisotopic (exact) mass is 287 g/mol. The van der Waals surface area contributed by atoms with Crippen LogP contribution in [-0.2, 0) is 0 Å². The molecule has 0 saturated carbocycles. The molecule has 1 unspecified atom stereocenters. The van der Waals surface area contributed by atoms with Crippen molar-refractivity contribution in [2.75, 3.05) is 0 Å². The highest BCUT2D eigenvalue weighted by molar-refractivity contribution is 9.34. The van der Waals surface area contributed by atoms with Crippen LogP contribution in [0.4, 0.5) is 0 Å². The Labute approximate surface area is 94.6 Å². The predicted octanol–water partition coefficient (Wildman–Crippen LogP) is 3.08. The number of thiophene rings is 1. The van der Waals surface area contributed by atoms with Crippen LogP contribution in [0.5, 0.6) is 0 Å². The standard InChI is InChI=1S/C9H12BrN2SSi/c1-14(2,3)8-6-11-9-7(12-8)4-5-13(9)10/h4-6H,1-3H3/q+1. The van der Waals surface area contributed by atoms with Gasteiger partial charge in [0, 0.05) is 17.6 Å². The van der Waals surface area contributed by atoms with Gasteiger partial charge in [0.2, 0.25) is 0 Å². The number of rotatable bonds is 1. The Hall–Kier alpha value is -0.263. The molecular weight excluding hydrogens is 276 g/mol. The van der Waals surface area contributed by atoms with Gasteiger partial charge in [-0.15, -0.1) is 0 Å². The first-order chi connectivity index (χ1) is 6.48. The number of nitrogens with zero attached hydrogens (tertiary/aromatic N) is 2. The Morgan fingerprint density at radius 2 is 2.07 bits per heavy atom. The molecule has 74 valence electrons. The molecule has 2 nitrogen and oxygen atoms in total. The summed E-state index contributed by atoms with van der Waals surface area (Å²) in [5, 5.41) is 3.30. The van der Waals surface area contributed by atoms with Gasteiger partial charge in [-0.2, -0.15) is 0 Å². The third kappa shape index (κ3) is 1.76. The second-order valence-corrected chi connectivity index (χ2v) is 12.6. The minimum atomic E-state index is -1.32. The minimum Gasteiger partial charge on any atom is -0.249 e. The predicted molar refractivity (Wildman–Crippen MR) is 69.3 cm³/mol. The van der Waals surface area contributed by atoms with E-state index in [0.29, 0.717) is 0 Å². The smallest absolute Gasteiger partial charge is 0.249 e. The van der Waals surface area contributed by atoms with E-state index in [-0.39, 0.29) is 8.90 Å². The van der Waals surface area contributed by atoms with Crippen LogP contribution in [0.25, 0.3) is 10.3 Å². The minimum absolute atomic E-state index is 0.00907. The van der Waals surface area contributed by atoms with E-state index in [4.69, 9.17) is 0 Å². The lowest BCUT2D eigenvalue weighted by Gasteiger charge is -2.13. The van der Waals surface area contributed by atoms with E-state index in [0.717, 1.165) is 10.3 Å². The zero-order valence-electron chi connectivity index (χ0n) is 8.41. The molecule has 0 aliphatic rings. The van der Waals surface area contributed by atoms with Crippen molar-refractivity contribution < 1.29 is 0 Å². The fraction of sp³-hybridized carbons (Fsp3) is 0.333. The fourth-order valence-corrected chi connectivity index (χ4v) is 4.03. The summed E-state index contributed by atoms with van der Waals surface area (Å²) in [5.41, 5.74) is 1.05. The summed E-state index contributed by atoms with van der Waals surface area (Å²) < 4.78 is 0. The maximum absolute atomic E-state index is 4.66. The zero-order chi connectivity index (χ0) is 10.3. The van der Waals surface area contributed by atoms with E-state index < -0.39 is 8.07 Å². The van der Waals surface area contributed by atoms with Gasteiger partial charge in [-0.05, 0) is 0 Å². The van der Waals surface area contributed by atoms with Crippen molar-refractivity contribution in [2.45, 2.75) is 19.6 Å². The van der Waals surface area contributed by atoms with Gasteiger partial charge in [0.25, 0.3) is 14.8 Å². The van der Waals surface area contributed by atoms with Crippen LogP contribution in [0.15, 0.2) is 17.6 Å². The summed E-state index contributed by atoms with van der Waals surface area (Å²) in [6.07, 6.45) is 1.94. The van der Waals surface area contributed by atoms with E-state index in [9.17, 15) is 0 Å². The van der Waals surface area contributed by atoms with Gasteiger partial charge in [-0.3, -0.25) is 0 Å². The zero-order valence-corrected chi connectivity index (χ0v) is 11.8. The molecule has 0 amide bonds. The summed E-state index contributed by atoms with van der Waals surface area (Å²) >= 11 is 3.56. The topological polar surface area (TPSA) is 25.8 Å². The van der Waals surface area contributed by atoms with Gasteiger partial charge in [-0.1, -0.05) is 19.6 Å². The van der Waals surface area contributed by atoms with E-state index in [1.807, 2.05) is 6.20 Å². The fourth-order valence-electron chi connectivity index (χ4n) is 1.20. The Morgan fingerprint density at radius 1 is 1.36 bits per heavy atom. The molecule has 1 atom stereocenters. The van der Waals surface area contributed by atoms with E-state index in [1.54, 1.807) is 0 Å². The summed E-state index contributed by atoms with van der Waals surface area (Å²) in [4.78, 5) is 10.2. The average Bonchev–Trinajstić information content (AvgIpc) is 2.46. The molecule has 2 rings (SSSR count). The van der Waals surface area contributed by atoms with Crippen LogP contribution in [0.3, 0.4) is 0 Å². The maximum Gasteiger partial charge on any atom is 0.304 e. The number of fused-ring (bicyclic) bond motifs is 1. The van der Waals surface area contributed by atoms with Crippen molar-refractivity contribution in [3.8, 4) is 0 Å². The van der Waals surface area contributed by atoms with Crippen molar-refractivity contribution in [1.82, 2.24) is 9.97 Å². The molecule has 0 aromatic carbocycles. The Morgan fingerprint density at radius 3 is 2.71 bits per heavy atom. The largest absolute Gasteiger partial charge is 0.304 e. The van der Waals surface area contributed by atoms with Crippen molar-refractivity contribution >= 4 is 47.5 Å². The lowest BCUT2D eigenvalue weighted by Crippen LogP contribution is -2.40. The number of halogens is 1. The first-order valence-electron chi connectivity index (χ1n) is 4.43. The number of hydrogen-bond acceptors (Lipinski definition) is 2. The van der Waals surface area contributed by atoms with Crippen molar-refractivity contribution in [3.63, 3.8) is 0 Å². The maximum atomic E-state index is 4.66. The molecule has 5 heteroatoms. The van der Waals surface area contributed by atoms with Crippen LogP contribution in [-0.4, -0.2) is 18.0 Å². The molecule has 0 saturated heterocycles. The molecule has 0 aliphatic heterocycles. The first-order valence-corrected chi connectivity index (χ1v) is 11.1. The highest BCUT2D eigenvalue weighted by atomic mass is 79.9. The third-order valence-electron chi connectivity index (χ3n) is 2.06. The quantitative estimate of drug-likeness (QED) is 0.595. The molecular formula is C9H12BrN2SSi+. The van der Waals surface area contributed by atoms with Crippen LogP contribution < -0.4 is 5.32 Å². The van der Waals surface area contributed by atoms with Gasteiger partial charge >= 0.3 is 4.83 Å². The average molecular weight is 288 g/mol. The van der Waals surface area contributed by atoms with Gasteiger partial charge in [0.05, 0.1) is 8.90 Å². The van der Waals surface area contributed by atoms with Crippen molar-refractivity contribution in [3.05, 3.63) is 17.6 Å². The van der Waals surface area contributed by atoms with Gasteiger partial charge in [-0.25, -0.2) is 9.97 Å². The van der Waals surface area contributed by atoms with Crippen LogP contribution in [0.2, 0.25) is 19.6 Å². The van der Waals surface area contributed by atoms with E-state index in [2.05, 4.69) is 55.9 Å². The second kappa shape index (κ2) is 3.39. The summed E-state index contributed by atoms with van der Waals surface area (Å²) in [7, 11) is -1.33. The molecule has 14 heavy (non-hydrogen) atoms. The molecule has 0 radical (unpaired) electrons. The summed E-state index contributed by atoms with van der Waals surface area (Å²) in [5.74, 6) is 0. The molecule has 2 aromatic rings. The van der Waals surface area contributed by atoms with Gasteiger partial charge in [0.15, 0.2) is 5.38 Å². The van der Waals surface area contributed by atoms with Gasteiger partial charge in [0.1, 0.15) is 13.6 Å². The third-order valence-corrected chi connectivity index (χ3v) is 6.47. The summed E-state index contributed by atoms with van der Waals surface area (Å²) in [6.45, 7) is 6.86. The Bertz CT molecular complexity index is 475. The number of aromatic nitrogens is 2. The highest BCUT2D eigenvalue weighted by Gasteiger charge is 2.21. The van der Waals surface area contributed by atoms with E-state index >= 15 is 0 Å². The van der Waals surface area contributed by atoms with E-state index in [1.165, 1.54) is 5.32 Å². The van der Waals surface area contributed by atoms with Crippen LogP contribution in [0.1, 0.15) is 0 Å². The molecule has 2 aromatic heterocycles. The van der Waals surface area contributed by atoms with Crippen molar-refractivity contribution in [2.24, 2.45) is 0 Å². The first kappa shape index (κ1) is 10.3. The lowest BCUT2D eigenvalue weighted by molar-refractivity contribution is 1.35. The highest BCUT2D eigenvalue weighted by Crippen LogP contribution is 2.33. The molecule has 0 N–H and O–H groups in total. The van der Waals surface area contributed by atoms with Gasteiger partial charge < -0.3 is 0 Å². The summed E-state index contributed by atoms with van der Waals surface area (Å²) in [6, 6.07) is 2.06. The normalized spacial score (nSPS) is 13.6. The SMILES string of the molecule is C[Si](C)(C)c1cnc2c(cc[s+]2Br)n1. The van der Waals surface area contributed by atoms with Crippen molar-refractivity contribution in [1.29, 1.82) is 0 Å². The number of hydrogen-bond donors (Lipinski definition) is 0. The lowest BCUT2D eigenvalue weighted by atomic mass is 10.5. The van der Waals surface area contributed by atoms with Crippen LogP contribution >= 0.6 is 23.7 Å². The van der Waals surface area contributed by atoms with Crippen LogP contribution in [0, 0.1) is 0 Å². The Balaban J connectivity index is 2.63. The molecule has 0 spiro atoms. The molecule has 0 fully saturated rings.